The van der Waals surface area contributed by atoms with E-state index in [9.17, 15) is 17.6 Å². The second-order valence-corrected chi connectivity index (χ2v) is 9.39. The number of anilines is 1. The smallest absolute Gasteiger partial charge is 0.251 e. The first kappa shape index (κ1) is 21.3. The van der Waals surface area contributed by atoms with E-state index in [4.69, 9.17) is 0 Å². The molecule has 1 heterocycles. The molecule has 8 heteroatoms. The number of sulfonamides is 1. The first-order chi connectivity index (χ1) is 13.7. The molecule has 1 amide bonds. The molecule has 6 nitrogen and oxygen atoms in total. The van der Waals surface area contributed by atoms with Crippen molar-refractivity contribution in [3.8, 4) is 0 Å². The van der Waals surface area contributed by atoms with Crippen molar-refractivity contribution in [2.24, 2.45) is 0 Å². The lowest BCUT2D eigenvalue weighted by molar-refractivity contribution is 0.0942. The number of para-hydroxylation sites is 1. The molecule has 0 atom stereocenters. The van der Waals surface area contributed by atoms with E-state index in [0.717, 1.165) is 0 Å². The van der Waals surface area contributed by atoms with Crippen LogP contribution in [0.5, 0.6) is 0 Å². The third kappa shape index (κ3) is 4.59. The molecule has 1 aliphatic heterocycles. The molecule has 0 spiro atoms. The monoisotopic (exact) mass is 419 g/mol. The molecule has 1 fully saturated rings. The molecule has 0 bridgehead atoms. The summed E-state index contributed by atoms with van der Waals surface area (Å²) in [6, 6.07) is 11.0. The summed E-state index contributed by atoms with van der Waals surface area (Å²) in [6.07, 6.45) is 0. The summed E-state index contributed by atoms with van der Waals surface area (Å²) >= 11 is 0. The Morgan fingerprint density at radius 3 is 2.34 bits per heavy atom. The fourth-order valence-electron chi connectivity index (χ4n) is 3.37. The lowest BCUT2D eigenvalue weighted by Gasteiger charge is -2.35. The zero-order valence-corrected chi connectivity index (χ0v) is 17.7. The van der Waals surface area contributed by atoms with Crippen LogP contribution >= 0.6 is 0 Å². The maximum absolute atomic E-state index is 14.0. The average Bonchev–Trinajstić information content (AvgIpc) is 2.68. The van der Waals surface area contributed by atoms with Gasteiger partial charge in [0.2, 0.25) is 10.0 Å². The number of nitrogens with zero attached hydrogens (tertiary/aromatic N) is 2. The van der Waals surface area contributed by atoms with Gasteiger partial charge in [0.25, 0.3) is 5.91 Å². The molecular formula is C21H26FN3O3S. The Morgan fingerprint density at radius 2 is 1.72 bits per heavy atom. The highest BCUT2D eigenvalue weighted by Gasteiger charge is 2.30. The Labute approximate surface area is 171 Å². The van der Waals surface area contributed by atoms with E-state index in [1.165, 1.54) is 22.5 Å². The summed E-state index contributed by atoms with van der Waals surface area (Å²) < 4.78 is 41.6. The van der Waals surface area contributed by atoms with E-state index in [1.54, 1.807) is 31.2 Å². The van der Waals surface area contributed by atoms with Crippen LogP contribution in [0, 0.1) is 12.7 Å². The van der Waals surface area contributed by atoms with Crippen LogP contribution in [-0.2, 0) is 10.0 Å². The Hall–Kier alpha value is -2.45. The molecule has 0 aromatic heterocycles. The Kier molecular flexibility index (Phi) is 6.24. The van der Waals surface area contributed by atoms with E-state index < -0.39 is 10.0 Å². The predicted molar refractivity (Wildman–Crippen MR) is 111 cm³/mol. The number of hydrogen-bond donors (Lipinski definition) is 1. The maximum atomic E-state index is 14.0. The molecule has 29 heavy (non-hydrogen) atoms. The molecule has 0 unspecified atom stereocenters. The SMILES string of the molecule is Cc1ccc(S(=O)(=O)N2CCN(c3ccccc3F)CC2)cc1C(=O)NC(C)C. The standard InChI is InChI=1S/C21H26FN3O3S/c1-15(2)23-21(26)18-14-17(9-8-16(18)3)29(27,28)25-12-10-24(11-13-25)20-7-5-4-6-19(20)22/h4-9,14-15H,10-13H2,1-3H3,(H,23,26). The van der Waals surface area contributed by atoms with E-state index in [2.05, 4.69) is 5.32 Å². The minimum Gasteiger partial charge on any atom is -0.367 e. The molecule has 156 valence electrons. The zero-order chi connectivity index (χ0) is 21.2. The van der Waals surface area contributed by atoms with E-state index in [0.29, 0.717) is 29.9 Å². The summed E-state index contributed by atoms with van der Waals surface area (Å²) in [5.74, 6) is -0.609. The second kappa shape index (κ2) is 8.51. The molecule has 1 aliphatic rings. The van der Waals surface area contributed by atoms with Crippen molar-refractivity contribution in [1.29, 1.82) is 0 Å². The summed E-state index contributed by atoms with van der Waals surface area (Å²) in [5.41, 5.74) is 1.55. The third-order valence-corrected chi connectivity index (χ3v) is 6.84. The number of piperazine rings is 1. The van der Waals surface area contributed by atoms with Gasteiger partial charge < -0.3 is 10.2 Å². The molecule has 2 aromatic carbocycles. The maximum Gasteiger partial charge on any atom is 0.251 e. The predicted octanol–water partition coefficient (Wildman–Crippen LogP) is 2.78. The Morgan fingerprint density at radius 1 is 1.07 bits per heavy atom. The van der Waals surface area contributed by atoms with Crippen LogP contribution in [-0.4, -0.2) is 50.9 Å². The van der Waals surface area contributed by atoms with Crippen LogP contribution in [0.3, 0.4) is 0 Å². The molecule has 1 N–H and O–H groups in total. The highest BCUT2D eigenvalue weighted by molar-refractivity contribution is 7.89. The minimum atomic E-state index is -3.75. The van der Waals surface area contributed by atoms with Gasteiger partial charge in [-0.25, -0.2) is 12.8 Å². The molecule has 2 aromatic rings. The van der Waals surface area contributed by atoms with Gasteiger partial charge in [-0.2, -0.15) is 4.31 Å². The summed E-state index contributed by atoms with van der Waals surface area (Å²) in [6.45, 7) is 6.76. The zero-order valence-electron chi connectivity index (χ0n) is 16.9. The van der Waals surface area contributed by atoms with Gasteiger partial charge in [-0.3, -0.25) is 4.79 Å². The number of carbonyl (C=O) groups is 1. The van der Waals surface area contributed by atoms with Crippen molar-refractivity contribution in [3.05, 3.63) is 59.4 Å². The Balaban J connectivity index is 1.78. The van der Waals surface area contributed by atoms with Crippen LogP contribution in [0.1, 0.15) is 29.8 Å². The quantitative estimate of drug-likeness (QED) is 0.809. The fraction of sp³-hybridized carbons (Fsp3) is 0.381. The van der Waals surface area contributed by atoms with E-state index in [-0.39, 0.29) is 35.8 Å². The number of nitrogens with one attached hydrogen (secondary N) is 1. The first-order valence-corrected chi connectivity index (χ1v) is 11.1. The summed E-state index contributed by atoms with van der Waals surface area (Å²) in [4.78, 5) is 14.3. The van der Waals surface area contributed by atoms with Crippen molar-refractivity contribution < 1.29 is 17.6 Å². The molecular weight excluding hydrogens is 393 g/mol. The largest absolute Gasteiger partial charge is 0.367 e. The van der Waals surface area contributed by atoms with Crippen molar-refractivity contribution in [3.63, 3.8) is 0 Å². The van der Waals surface area contributed by atoms with E-state index >= 15 is 0 Å². The van der Waals surface area contributed by atoms with Gasteiger partial charge in [0.1, 0.15) is 5.82 Å². The number of hydrogen-bond acceptors (Lipinski definition) is 4. The topological polar surface area (TPSA) is 69.7 Å². The number of halogens is 1. The number of aryl methyl sites for hydroxylation is 1. The van der Waals surface area contributed by atoms with Gasteiger partial charge in [0.15, 0.2) is 0 Å². The van der Waals surface area contributed by atoms with E-state index in [1.807, 2.05) is 18.7 Å². The second-order valence-electron chi connectivity index (χ2n) is 7.45. The van der Waals surface area contributed by atoms with Crippen LogP contribution < -0.4 is 10.2 Å². The fourth-order valence-corrected chi connectivity index (χ4v) is 4.82. The molecule has 0 saturated carbocycles. The van der Waals surface area contributed by atoms with Crippen molar-refractivity contribution in [1.82, 2.24) is 9.62 Å². The third-order valence-electron chi connectivity index (χ3n) is 4.94. The highest BCUT2D eigenvalue weighted by atomic mass is 32.2. The minimum absolute atomic E-state index is 0.0476. The summed E-state index contributed by atoms with van der Waals surface area (Å²) in [5, 5.41) is 2.80. The lowest BCUT2D eigenvalue weighted by atomic mass is 10.1. The summed E-state index contributed by atoms with van der Waals surface area (Å²) in [7, 11) is -3.75. The molecule has 0 radical (unpaired) electrons. The van der Waals surface area contributed by atoms with Crippen LogP contribution in [0.4, 0.5) is 10.1 Å². The lowest BCUT2D eigenvalue weighted by Crippen LogP contribution is -2.49. The van der Waals surface area contributed by atoms with Gasteiger partial charge in [0.05, 0.1) is 10.6 Å². The van der Waals surface area contributed by atoms with Gasteiger partial charge in [-0.05, 0) is 50.6 Å². The number of carbonyl (C=O) groups excluding carboxylic acids is 1. The molecule has 3 rings (SSSR count). The van der Waals surface area contributed by atoms with Crippen LogP contribution in [0.15, 0.2) is 47.4 Å². The first-order valence-electron chi connectivity index (χ1n) is 9.61. The normalized spacial score (nSPS) is 15.6. The number of benzene rings is 2. The van der Waals surface area contributed by atoms with Gasteiger partial charge >= 0.3 is 0 Å². The van der Waals surface area contributed by atoms with Crippen molar-refractivity contribution in [2.45, 2.75) is 31.7 Å². The number of rotatable bonds is 5. The number of amides is 1. The molecule has 1 saturated heterocycles. The average molecular weight is 420 g/mol. The van der Waals surface area contributed by atoms with Crippen molar-refractivity contribution in [2.75, 3.05) is 31.1 Å². The van der Waals surface area contributed by atoms with Crippen molar-refractivity contribution >= 4 is 21.6 Å². The van der Waals surface area contributed by atoms with Crippen LogP contribution in [0.2, 0.25) is 0 Å². The van der Waals surface area contributed by atoms with Gasteiger partial charge in [-0.1, -0.05) is 18.2 Å². The van der Waals surface area contributed by atoms with Gasteiger partial charge in [-0.15, -0.1) is 0 Å². The Bertz CT molecular complexity index is 1000. The van der Waals surface area contributed by atoms with Crippen LogP contribution in [0.25, 0.3) is 0 Å². The molecule has 0 aliphatic carbocycles. The van der Waals surface area contributed by atoms with Gasteiger partial charge in [0, 0.05) is 37.8 Å². The highest BCUT2D eigenvalue weighted by Crippen LogP contribution is 2.24.